The van der Waals surface area contributed by atoms with Crippen molar-refractivity contribution in [3.8, 4) is 0 Å². The molecule has 0 aliphatic carbocycles. The Hall–Kier alpha value is -2.12. The molecule has 8 heteroatoms. The molecule has 7 nitrogen and oxygen atoms in total. The second kappa shape index (κ2) is 8.12. The van der Waals surface area contributed by atoms with Gasteiger partial charge in [0.05, 0.1) is 13.0 Å². The standard InChI is InChI=1S/C16H21ClN4O3/c1-20(2)8-7-18-14(22)9-13-15(23)21(16(24)19-13)10-11-5-3-4-6-12(11)17/h3-6,13H,7-10H2,1-2H3,(H,18,22)(H,19,24)/t13-/m0/s1. The molecule has 1 saturated heterocycles. The molecule has 1 fully saturated rings. The summed E-state index contributed by atoms with van der Waals surface area (Å²) < 4.78 is 0. The van der Waals surface area contributed by atoms with Crippen LogP contribution in [0, 0.1) is 0 Å². The smallest absolute Gasteiger partial charge is 0.325 e. The lowest BCUT2D eigenvalue weighted by molar-refractivity contribution is -0.131. The van der Waals surface area contributed by atoms with Crippen LogP contribution in [0.4, 0.5) is 4.79 Å². The first-order valence-electron chi connectivity index (χ1n) is 7.65. The highest BCUT2D eigenvalue weighted by atomic mass is 35.5. The summed E-state index contributed by atoms with van der Waals surface area (Å²) in [6.07, 6.45) is -0.0724. The predicted octanol–water partition coefficient (Wildman–Crippen LogP) is 0.828. The number of nitrogens with one attached hydrogen (secondary N) is 2. The zero-order valence-corrected chi connectivity index (χ0v) is 14.5. The molecule has 2 N–H and O–H groups in total. The number of halogens is 1. The van der Waals surface area contributed by atoms with Gasteiger partial charge in [-0.25, -0.2) is 4.79 Å². The minimum Gasteiger partial charge on any atom is -0.355 e. The van der Waals surface area contributed by atoms with Crippen LogP contribution in [0.5, 0.6) is 0 Å². The van der Waals surface area contributed by atoms with Gasteiger partial charge in [-0.15, -0.1) is 0 Å². The number of amides is 4. The zero-order chi connectivity index (χ0) is 17.7. The lowest BCUT2D eigenvalue weighted by Gasteiger charge is -2.14. The maximum absolute atomic E-state index is 12.4. The average Bonchev–Trinajstić information content (AvgIpc) is 2.76. The van der Waals surface area contributed by atoms with Gasteiger partial charge in [0.2, 0.25) is 5.91 Å². The van der Waals surface area contributed by atoms with Crippen molar-refractivity contribution < 1.29 is 14.4 Å². The van der Waals surface area contributed by atoms with E-state index in [9.17, 15) is 14.4 Å². The Morgan fingerprint density at radius 3 is 2.71 bits per heavy atom. The predicted molar refractivity (Wildman–Crippen MR) is 90.5 cm³/mol. The van der Waals surface area contributed by atoms with Gasteiger partial charge in [-0.3, -0.25) is 14.5 Å². The molecule has 1 atom stereocenters. The number of carbonyl (C=O) groups excluding carboxylic acids is 3. The molecule has 1 aliphatic rings. The minimum atomic E-state index is -0.834. The van der Waals surface area contributed by atoms with Crippen molar-refractivity contribution >= 4 is 29.4 Å². The molecule has 1 heterocycles. The summed E-state index contributed by atoms with van der Waals surface area (Å²) in [5.41, 5.74) is 0.679. The van der Waals surface area contributed by atoms with Crippen molar-refractivity contribution in [2.75, 3.05) is 27.2 Å². The average molecular weight is 353 g/mol. The van der Waals surface area contributed by atoms with Gasteiger partial charge in [0.1, 0.15) is 6.04 Å². The number of hydrogen-bond acceptors (Lipinski definition) is 4. The summed E-state index contributed by atoms with van der Waals surface area (Å²) in [5, 5.41) is 5.76. The zero-order valence-electron chi connectivity index (χ0n) is 13.7. The van der Waals surface area contributed by atoms with Gasteiger partial charge in [0.15, 0.2) is 0 Å². The van der Waals surface area contributed by atoms with Crippen molar-refractivity contribution in [3.05, 3.63) is 34.9 Å². The minimum absolute atomic E-state index is 0.0724. The van der Waals surface area contributed by atoms with Crippen molar-refractivity contribution in [2.45, 2.75) is 19.0 Å². The number of imide groups is 1. The Labute approximate surface area is 145 Å². The van der Waals surface area contributed by atoms with Gasteiger partial charge in [-0.2, -0.15) is 0 Å². The number of benzene rings is 1. The SMILES string of the molecule is CN(C)CCNC(=O)C[C@@H]1NC(=O)N(Cc2ccccc2Cl)C1=O. The van der Waals surface area contributed by atoms with Gasteiger partial charge >= 0.3 is 6.03 Å². The molecule has 0 unspecified atom stereocenters. The molecule has 1 aliphatic heterocycles. The monoisotopic (exact) mass is 352 g/mol. The van der Waals surface area contributed by atoms with E-state index in [1.54, 1.807) is 24.3 Å². The number of urea groups is 1. The molecule has 0 bridgehead atoms. The first-order chi connectivity index (χ1) is 11.4. The third-order valence-electron chi connectivity index (χ3n) is 3.66. The third-order valence-corrected chi connectivity index (χ3v) is 4.03. The Balaban J connectivity index is 1.91. The summed E-state index contributed by atoms with van der Waals surface area (Å²) in [6.45, 7) is 1.28. The fraction of sp³-hybridized carbons (Fsp3) is 0.438. The lowest BCUT2D eigenvalue weighted by atomic mass is 10.1. The molecule has 1 aromatic rings. The van der Waals surface area contributed by atoms with Gasteiger partial charge in [0, 0.05) is 18.1 Å². The fourth-order valence-corrected chi connectivity index (χ4v) is 2.53. The Kier molecular flexibility index (Phi) is 6.16. The van der Waals surface area contributed by atoms with E-state index in [0.29, 0.717) is 23.7 Å². The van der Waals surface area contributed by atoms with Gasteiger partial charge in [-0.1, -0.05) is 29.8 Å². The fourth-order valence-electron chi connectivity index (χ4n) is 2.34. The quantitative estimate of drug-likeness (QED) is 0.712. The van der Waals surface area contributed by atoms with E-state index in [0.717, 1.165) is 4.90 Å². The number of nitrogens with zero attached hydrogens (tertiary/aromatic N) is 2. The molecule has 1 aromatic carbocycles. The number of hydrogen-bond donors (Lipinski definition) is 2. The van der Waals surface area contributed by atoms with E-state index in [2.05, 4.69) is 10.6 Å². The van der Waals surface area contributed by atoms with Gasteiger partial charge in [0.25, 0.3) is 5.91 Å². The molecule has 0 aromatic heterocycles. The van der Waals surface area contributed by atoms with Crippen molar-refractivity contribution in [3.63, 3.8) is 0 Å². The Morgan fingerprint density at radius 2 is 2.04 bits per heavy atom. The van der Waals surface area contributed by atoms with Gasteiger partial charge < -0.3 is 15.5 Å². The molecule has 24 heavy (non-hydrogen) atoms. The van der Waals surface area contributed by atoms with Crippen molar-refractivity contribution in [2.24, 2.45) is 0 Å². The normalized spacial score (nSPS) is 17.3. The second-order valence-corrected chi connectivity index (χ2v) is 6.28. The van der Waals surface area contributed by atoms with E-state index in [1.807, 2.05) is 19.0 Å². The van der Waals surface area contributed by atoms with Crippen LogP contribution in [0.15, 0.2) is 24.3 Å². The van der Waals surface area contributed by atoms with Crippen LogP contribution in [0.2, 0.25) is 5.02 Å². The van der Waals surface area contributed by atoms with E-state index in [-0.39, 0.29) is 18.9 Å². The number of carbonyl (C=O) groups is 3. The molecular weight excluding hydrogens is 332 g/mol. The van der Waals surface area contributed by atoms with E-state index in [4.69, 9.17) is 11.6 Å². The first kappa shape index (κ1) is 18.2. The molecule has 0 spiro atoms. The highest BCUT2D eigenvalue weighted by molar-refractivity contribution is 6.31. The van der Waals surface area contributed by atoms with Crippen molar-refractivity contribution in [1.29, 1.82) is 0 Å². The van der Waals surface area contributed by atoms with Crippen LogP contribution in [0.1, 0.15) is 12.0 Å². The van der Waals surface area contributed by atoms with E-state index < -0.39 is 18.0 Å². The molecular formula is C16H21ClN4O3. The lowest BCUT2D eigenvalue weighted by Crippen LogP contribution is -2.38. The summed E-state index contributed by atoms with van der Waals surface area (Å²) in [5.74, 6) is -0.683. The van der Waals surface area contributed by atoms with E-state index in [1.165, 1.54) is 0 Å². The first-order valence-corrected chi connectivity index (χ1v) is 8.03. The summed E-state index contributed by atoms with van der Waals surface area (Å²) >= 11 is 6.06. The van der Waals surface area contributed by atoms with Crippen LogP contribution >= 0.6 is 11.6 Å². The van der Waals surface area contributed by atoms with Crippen LogP contribution < -0.4 is 10.6 Å². The topological polar surface area (TPSA) is 81.8 Å². The van der Waals surface area contributed by atoms with Gasteiger partial charge in [-0.05, 0) is 25.7 Å². The molecule has 0 saturated carbocycles. The molecule has 4 amide bonds. The van der Waals surface area contributed by atoms with E-state index >= 15 is 0 Å². The van der Waals surface area contributed by atoms with Crippen molar-refractivity contribution in [1.82, 2.24) is 20.4 Å². The molecule has 130 valence electrons. The molecule has 0 radical (unpaired) electrons. The van der Waals surface area contributed by atoms with Crippen LogP contribution in [-0.4, -0.2) is 60.9 Å². The highest BCUT2D eigenvalue weighted by Gasteiger charge is 2.39. The summed E-state index contributed by atoms with van der Waals surface area (Å²) in [4.78, 5) is 39.3. The largest absolute Gasteiger partial charge is 0.355 e. The van der Waals surface area contributed by atoms with Crippen LogP contribution in [-0.2, 0) is 16.1 Å². The van der Waals surface area contributed by atoms with Crippen LogP contribution in [0.25, 0.3) is 0 Å². The summed E-state index contributed by atoms with van der Waals surface area (Å²) in [6, 6.07) is 5.67. The number of likely N-dealkylation sites (N-methyl/N-ethyl adjacent to an activating group) is 1. The van der Waals surface area contributed by atoms with Crippen LogP contribution in [0.3, 0.4) is 0 Å². The third kappa shape index (κ3) is 4.69. The Bertz CT molecular complexity index is 636. The second-order valence-electron chi connectivity index (χ2n) is 5.88. The maximum Gasteiger partial charge on any atom is 0.325 e. The highest BCUT2D eigenvalue weighted by Crippen LogP contribution is 2.20. The maximum atomic E-state index is 12.4. The molecule has 2 rings (SSSR count). The number of rotatable bonds is 7. The summed E-state index contributed by atoms with van der Waals surface area (Å²) in [7, 11) is 3.80. The Morgan fingerprint density at radius 1 is 1.33 bits per heavy atom.